The fourth-order valence-electron chi connectivity index (χ4n) is 18.0. The van der Waals surface area contributed by atoms with E-state index in [9.17, 15) is 62.2 Å². The van der Waals surface area contributed by atoms with Crippen LogP contribution in [0.15, 0.2) is 137 Å². The van der Waals surface area contributed by atoms with Crippen molar-refractivity contribution in [1.82, 2.24) is 52.6 Å². The third kappa shape index (κ3) is 21.3. The number of phenolic OH excluding ortho intramolecular Hbond substituents is 3. The van der Waals surface area contributed by atoms with E-state index < -0.39 is 245 Å². The minimum atomic E-state index is -5.07. The molecule has 17 rings (SSSR count). The molecule has 7 aromatic rings. The Balaban J connectivity index is 0.933. The van der Waals surface area contributed by atoms with E-state index in [0.717, 1.165) is 110 Å². The zero-order valence-corrected chi connectivity index (χ0v) is 74.7. The number of aliphatic hydroxyl groups is 4. The van der Waals surface area contributed by atoms with Gasteiger partial charge in [0.25, 0.3) is 20.1 Å². The van der Waals surface area contributed by atoms with E-state index >= 15 is 33.6 Å². The van der Waals surface area contributed by atoms with Crippen LogP contribution in [0.3, 0.4) is 0 Å². The molecule has 9 amide bonds. The number of aryl methyl sites for hydroxylation is 2. The Morgan fingerprint density at radius 1 is 0.618 bits per heavy atom. The predicted molar refractivity (Wildman–Crippen MR) is 465 cm³/mol. The quantitative estimate of drug-likeness (QED) is 0.0333. The van der Waals surface area contributed by atoms with Gasteiger partial charge in [-0.25, -0.2) is 17.9 Å². The van der Waals surface area contributed by atoms with Crippen LogP contribution in [-0.4, -0.2) is 199 Å². The molecule has 14 atom stereocenters. The molecule has 700 valence electrons. The third-order valence-corrected chi connectivity index (χ3v) is 27.2. The number of hydrogen-bond donors (Lipinski definition) is 18. The Kier molecular flexibility index (Phi) is 28.2. The SMILES string of the molecule is CN[C@H](CC(C)C)C(=O)N[C@H]1C(=O)N[C@@H](CC(=O)NS(=O)(=O)c2ccc(OCCOS(=O)(=O)c3ccc(C)cc3)cc2)C(=O)N[C@H]2C(=O)N[C@H]3C(=O)N[C@H](C(=O)N[C@H](C(=O)NC4C5CC6CC(C5)CC4C6)c4cc(O)cc(O)c4-c4cc3ccc4O)[C@H](O)c3ccc(c(Cl)c3)Oc3cc2cc(c3O[C@@H]2O[C@H](CN)[C@@H](O)[C@H](O)[C@H]2O)Oc2ccc(cc2C)[C@H]1NC(=O)OC(C)(C)C. The van der Waals surface area contributed by atoms with Crippen LogP contribution in [0.4, 0.5) is 4.79 Å². The van der Waals surface area contributed by atoms with Crippen molar-refractivity contribution in [2.45, 2.75) is 200 Å². The van der Waals surface area contributed by atoms with Crippen LogP contribution in [0.1, 0.15) is 149 Å². The Bertz CT molecular complexity index is 5800. The summed E-state index contributed by atoms with van der Waals surface area (Å²) < 4.78 is 99.4. The van der Waals surface area contributed by atoms with Gasteiger partial charge in [0.15, 0.2) is 11.5 Å². The summed E-state index contributed by atoms with van der Waals surface area (Å²) in [4.78, 5) is 140. The molecule has 38 nitrogen and oxygen atoms in total. The molecule has 6 heterocycles. The van der Waals surface area contributed by atoms with E-state index in [-0.39, 0.29) is 86.3 Å². The number of benzene rings is 7. The van der Waals surface area contributed by atoms with Crippen molar-refractivity contribution >= 4 is 85.1 Å². The first kappa shape index (κ1) is 95.1. The van der Waals surface area contributed by atoms with Gasteiger partial charge in [-0.15, -0.1) is 0 Å². The number of nitrogens with one attached hydrogen (secondary N) is 10. The van der Waals surface area contributed by atoms with E-state index in [0.29, 0.717) is 11.8 Å². The lowest BCUT2D eigenvalue weighted by molar-refractivity contribution is -0.270. The summed E-state index contributed by atoms with van der Waals surface area (Å²) in [5.74, 6) is -14.2. The number of phenols is 3. The van der Waals surface area contributed by atoms with Gasteiger partial charge in [-0.2, -0.15) is 8.42 Å². The maximum atomic E-state index is 16.7. The number of carbonyl (C=O) groups excluding carboxylic acids is 9. The smallest absolute Gasteiger partial charge is 0.408 e. The molecule has 0 spiro atoms. The van der Waals surface area contributed by atoms with Crippen molar-refractivity contribution < 1.29 is 128 Å². The van der Waals surface area contributed by atoms with Gasteiger partial charge in [-0.3, -0.25) is 42.5 Å². The summed E-state index contributed by atoms with van der Waals surface area (Å²) in [6, 6.07) is 8.13. The second-order valence-electron chi connectivity index (χ2n) is 35.3. The van der Waals surface area contributed by atoms with Crippen molar-refractivity contribution in [3.8, 4) is 62.9 Å². The molecule has 0 unspecified atom stereocenters. The highest BCUT2D eigenvalue weighted by molar-refractivity contribution is 7.90. The molecule has 7 aromatic carbocycles. The van der Waals surface area contributed by atoms with Crippen LogP contribution >= 0.6 is 11.6 Å². The van der Waals surface area contributed by atoms with E-state index in [1.165, 1.54) is 77.2 Å². The largest absolute Gasteiger partial charge is 0.508 e. The maximum Gasteiger partial charge on any atom is 0.408 e. The zero-order valence-electron chi connectivity index (χ0n) is 72.3. The van der Waals surface area contributed by atoms with Gasteiger partial charge in [0.2, 0.25) is 59.3 Å². The van der Waals surface area contributed by atoms with Crippen molar-refractivity contribution in [1.29, 1.82) is 0 Å². The maximum absolute atomic E-state index is 16.7. The van der Waals surface area contributed by atoms with Crippen LogP contribution < -0.4 is 77.3 Å². The molecule has 19 N–H and O–H groups in total. The number of hydrogen-bond acceptors (Lipinski definition) is 29. The zero-order chi connectivity index (χ0) is 94.3. The first-order valence-corrected chi connectivity index (χ1v) is 45.9. The van der Waals surface area contributed by atoms with E-state index in [4.69, 9.17) is 49.9 Å². The molecule has 0 aromatic heterocycles. The van der Waals surface area contributed by atoms with Crippen LogP contribution in [-0.2, 0) is 72.2 Å². The number of aromatic hydroxyl groups is 3. The number of rotatable bonds is 21. The van der Waals surface area contributed by atoms with Gasteiger partial charge < -0.3 is 118 Å². The summed E-state index contributed by atoms with van der Waals surface area (Å²) in [5.41, 5.74) is 3.49. The molecule has 4 aliphatic carbocycles. The van der Waals surface area contributed by atoms with Crippen LogP contribution in [0.25, 0.3) is 11.1 Å². The lowest BCUT2D eigenvalue weighted by Gasteiger charge is -2.54. The average Bonchev–Trinajstić information content (AvgIpc) is 0.905. The molecule has 5 fully saturated rings. The van der Waals surface area contributed by atoms with E-state index in [1.54, 1.807) is 32.9 Å². The van der Waals surface area contributed by atoms with Crippen molar-refractivity contribution in [2.24, 2.45) is 35.3 Å². The standard InChI is InChI=1S/C90H104ClN11O27S2/c1-40(2)25-58(93-8)81(111)99-74-70(101-89(118)129-90(5,6)7)45-12-21-62(42(4)26-45)125-64-34-50-35-65(80(64)128-88-79(110)78(109)77(108)66(39-92)127-88)126-63-22-13-47(33-57(63)91)76(107)75-87(117)98-73(85(115)95-69-48-28-43-27-44(30-48)31-49(69)29-43)56-36-51(103)37-61(105)68(56)55-32-46(11-20-60(55)104)71(83(113)100-75)97-84(114)72(50)96-82(112)59(94-86(74)116)38-67(106)102-130(119,120)53-18-14-52(15-19-53)123-23-24-124-131(121,122)54-16-9-41(3)10-17-54/h9-22,26,32-37,40,43-44,48-49,58-59,66,69-79,88,93,103-105,107-110H,23-25,27-31,38-39,92H2,1-8H3,(H,94,116)(H,95,115)(H,96,112)(H,97,114)(H,98,117)(H,99,111)(H,100,113)(H,101,118)(H,102,106)/t43?,44?,48?,49?,58-,59+,66-,69?,70-,71-,72-,73+,74-,75+,76-,77-,78+,79-,88+/m1/s1. The first-order valence-electron chi connectivity index (χ1n) is 42.6. The fraction of sp³-hybridized carbons (Fsp3) is 0.433. The molecule has 0 radical (unpaired) electrons. The second kappa shape index (κ2) is 38.8. The van der Waals surface area contributed by atoms with Crippen molar-refractivity contribution in [3.63, 3.8) is 0 Å². The number of nitrogens with two attached hydrogens (primary N) is 1. The third-order valence-electron chi connectivity index (χ3n) is 24.2. The molecule has 4 saturated carbocycles. The number of fused-ring (bicyclic) bond motifs is 15. The summed E-state index contributed by atoms with van der Waals surface area (Å²) in [6.07, 6.45) is -9.96. The highest BCUT2D eigenvalue weighted by Gasteiger charge is 2.51. The molecule has 131 heavy (non-hydrogen) atoms. The number of carbonyl (C=O) groups is 9. The van der Waals surface area contributed by atoms with Gasteiger partial charge in [0, 0.05) is 29.8 Å². The van der Waals surface area contributed by atoms with E-state index in [1.807, 2.05) is 4.72 Å². The molecule has 41 heteroatoms. The molecular formula is C90H104ClN11O27S2. The summed E-state index contributed by atoms with van der Waals surface area (Å²) in [7, 11) is -7.84. The van der Waals surface area contributed by atoms with Crippen LogP contribution in [0.2, 0.25) is 5.02 Å². The average molecular weight is 1870 g/mol. The summed E-state index contributed by atoms with van der Waals surface area (Å²) in [5, 5.41) is 107. The van der Waals surface area contributed by atoms with Gasteiger partial charge in [0.05, 0.1) is 33.3 Å². The first-order chi connectivity index (χ1) is 62.0. The second-order valence-corrected chi connectivity index (χ2v) is 39.0. The van der Waals surface area contributed by atoms with Crippen molar-refractivity contribution in [3.05, 3.63) is 171 Å². The number of alkyl carbamates (subject to hydrolysis) is 1. The number of halogens is 1. The highest BCUT2D eigenvalue weighted by atomic mass is 35.5. The minimum absolute atomic E-state index is 0.00691. The van der Waals surface area contributed by atoms with E-state index in [2.05, 4.69) is 47.9 Å². The van der Waals surface area contributed by atoms with Gasteiger partial charge in [-0.05, 0) is 228 Å². The summed E-state index contributed by atoms with van der Waals surface area (Å²) >= 11 is 7.24. The predicted octanol–water partition coefficient (Wildman–Crippen LogP) is 4.99. The lowest BCUT2D eigenvalue weighted by Crippen LogP contribution is -2.61. The minimum Gasteiger partial charge on any atom is -0.508 e. The Morgan fingerprint density at radius 3 is 1.89 bits per heavy atom. The number of likely N-dealkylation sites (N-methyl/N-ethyl adjacent to an activating group) is 1. The molecule has 10 aliphatic rings. The molecule has 15 bridgehead atoms. The summed E-state index contributed by atoms with van der Waals surface area (Å²) in [6.45, 7) is 10.1. The lowest BCUT2D eigenvalue weighted by atomic mass is 9.54. The van der Waals surface area contributed by atoms with Gasteiger partial charge in [-0.1, -0.05) is 67.4 Å². The number of amides is 9. The Morgan fingerprint density at radius 2 is 1.24 bits per heavy atom. The van der Waals surface area contributed by atoms with Crippen LogP contribution in [0.5, 0.6) is 51.7 Å². The monoisotopic (exact) mass is 1870 g/mol. The highest BCUT2D eigenvalue weighted by Crippen LogP contribution is 2.55. The normalized spacial score (nSPS) is 26.2. The van der Waals surface area contributed by atoms with Crippen molar-refractivity contribution in [2.75, 3.05) is 26.8 Å². The number of aliphatic hydroxyl groups excluding tert-OH is 4. The fourth-order valence-corrected chi connectivity index (χ4v) is 20.1. The molecule has 1 saturated heterocycles. The van der Waals surface area contributed by atoms with Crippen LogP contribution in [0, 0.1) is 43.4 Å². The number of sulfonamides is 1. The topological polar surface area (TPSA) is 574 Å². The Labute approximate surface area is 758 Å². The molecule has 6 aliphatic heterocycles. The van der Waals surface area contributed by atoms with Gasteiger partial charge >= 0.3 is 6.09 Å². The Hall–Kier alpha value is -12.0. The molecular weight excluding hydrogens is 1770 g/mol. The van der Waals surface area contributed by atoms with Gasteiger partial charge in [0.1, 0.15) is 120 Å². The number of ether oxygens (including phenoxy) is 6.